The Labute approximate surface area is 142 Å². The number of carbonyl (C=O) groups excluding carboxylic acids is 1. The van der Waals surface area contributed by atoms with Crippen molar-refractivity contribution in [1.82, 2.24) is 5.32 Å². The normalized spacial score (nSPS) is 11.9. The van der Waals surface area contributed by atoms with Crippen molar-refractivity contribution < 1.29 is 9.18 Å². The second-order valence-corrected chi connectivity index (χ2v) is 6.40. The Morgan fingerprint density at radius 3 is 2.35 bits per heavy atom. The molecule has 0 saturated carbocycles. The average Bonchev–Trinajstić information content (AvgIpc) is 3.08. The predicted molar refractivity (Wildman–Crippen MR) is 91.5 cm³/mol. The summed E-state index contributed by atoms with van der Waals surface area (Å²) < 4.78 is 13.2. The molecule has 0 spiro atoms. The molecule has 0 fully saturated rings. The Balaban J connectivity index is 1.88. The maximum Gasteiger partial charge on any atom is 0.252 e. The van der Waals surface area contributed by atoms with Crippen LogP contribution in [0.5, 0.6) is 0 Å². The molecule has 1 atom stereocenters. The molecule has 1 amide bonds. The van der Waals surface area contributed by atoms with Crippen molar-refractivity contribution in [1.29, 1.82) is 0 Å². The summed E-state index contributed by atoms with van der Waals surface area (Å²) in [5.41, 5.74) is 1.36. The van der Waals surface area contributed by atoms with Crippen LogP contribution in [0, 0.1) is 5.82 Å². The molecular weight excluding hydrogens is 333 g/mol. The van der Waals surface area contributed by atoms with Crippen molar-refractivity contribution in [2.45, 2.75) is 6.04 Å². The molecule has 1 N–H and O–H groups in total. The van der Waals surface area contributed by atoms with Crippen molar-refractivity contribution in [2.75, 3.05) is 0 Å². The number of nitrogens with one attached hydrogen (secondary N) is 1. The fraction of sp³-hybridized carbons (Fsp3) is 0.0556. The van der Waals surface area contributed by atoms with Crippen LogP contribution >= 0.6 is 22.9 Å². The maximum absolute atomic E-state index is 13.2. The van der Waals surface area contributed by atoms with Gasteiger partial charge in [-0.25, -0.2) is 4.39 Å². The van der Waals surface area contributed by atoms with E-state index < -0.39 is 0 Å². The fourth-order valence-electron chi connectivity index (χ4n) is 2.25. The minimum atomic E-state index is -0.321. The first kappa shape index (κ1) is 15.7. The lowest BCUT2D eigenvalue weighted by molar-refractivity contribution is 0.0943. The van der Waals surface area contributed by atoms with E-state index in [1.165, 1.54) is 12.1 Å². The molecule has 2 aromatic carbocycles. The number of amides is 1. The van der Waals surface area contributed by atoms with Gasteiger partial charge in [0.25, 0.3) is 5.91 Å². The minimum absolute atomic E-state index is 0.204. The highest BCUT2D eigenvalue weighted by atomic mass is 35.5. The van der Waals surface area contributed by atoms with E-state index in [0.717, 1.165) is 10.4 Å². The first-order valence-electron chi connectivity index (χ1n) is 6.99. The van der Waals surface area contributed by atoms with Gasteiger partial charge in [0.15, 0.2) is 0 Å². The largest absolute Gasteiger partial charge is 0.340 e. The van der Waals surface area contributed by atoms with E-state index >= 15 is 0 Å². The van der Waals surface area contributed by atoms with Gasteiger partial charge in [-0.1, -0.05) is 29.8 Å². The Morgan fingerprint density at radius 1 is 1.04 bits per heavy atom. The average molecular weight is 346 g/mol. The molecule has 5 heteroatoms. The molecule has 1 unspecified atom stereocenters. The topological polar surface area (TPSA) is 29.1 Å². The van der Waals surface area contributed by atoms with Crippen molar-refractivity contribution in [3.8, 4) is 0 Å². The van der Waals surface area contributed by atoms with Crippen molar-refractivity contribution in [3.63, 3.8) is 0 Å². The zero-order valence-electron chi connectivity index (χ0n) is 12.0. The van der Waals surface area contributed by atoms with Crippen molar-refractivity contribution >= 4 is 28.8 Å². The number of rotatable bonds is 4. The molecule has 0 aliphatic rings. The van der Waals surface area contributed by atoms with Gasteiger partial charge in [-0.05, 0) is 53.4 Å². The zero-order chi connectivity index (χ0) is 16.2. The monoisotopic (exact) mass is 345 g/mol. The molecule has 1 aromatic heterocycles. The molecule has 0 radical (unpaired) electrons. The molecule has 0 aliphatic carbocycles. The maximum atomic E-state index is 13.2. The lowest BCUT2D eigenvalue weighted by Crippen LogP contribution is -2.28. The van der Waals surface area contributed by atoms with Crippen LogP contribution in [-0.4, -0.2) is 5.91 Å². The van der Waals surface area contributed by atoms with Crippen LogP contribution < -0.4 is 5.32 Å². The number of hydrogen-bond donors (Lipinski definition) is 1. The zero-order valence-corrected chi connectivity index (χ0v) is 13.6. The van der Waals surface area contributed by atoms with Crippen molar-refractivity contribution in [2.24, 2.45) is 0 Å². The molecule has 0 saturated heterocycles. The quantitative estimate of drug-likeness (QED) is 0.703. The van der Waals surface area contributed by atoms with Gasteiger partial charge in [-0.3, -0.25) is 4.79 Å². The van der Waals surface area contributed by atoms with Crippen LogP contribution in [0.3, 0.4) is 0 Å². The van der Waals surface area contributed by atoms with Gasteiger partial charge in [-0.2, -0.15) is 0 Å². The van der Waals surface area contributed by atoms with E-state index in [9.17, 15) is 9.18 Å². The standard InChI is InChI=1S/C18H13ClFNOS/c19-14-7-3-13(4-8-14)18(22)21-17(16-2-1-11-23-16)12-5-9-15(20)10-6-12/h1-11,17H,(H,21,22). The lowest BCUT2D eigenvalue weighted by atomic mass is 10.0. The molecule has 2 nitrogen and oxygen atoms in total. The summed E-state index contributed by atoms with van der Waals surface area (Å²) in [5.74, 6) is -0.507. The van der Waals surface area contributed by atoms with E-state index in [4.69, 9.17) is 11.6 Å². The van der Waals surface area contributed by atoms with E-state index in [1.807, 2.05) is 17.5 Å². The predicted octanol–water partition coefficient (Wildman–Crippen LogP) is 5.06. The van der Waals surface area contributed by atoms with E-state index in [1.54, 1.807) is 47.7 Å². The van der Waals surface area contributed by atoms with E-state index in [-0.39, 0.29) is 17.8 Å². The SMILES string of the molecule is O=C(NC(c1ccc(F)cc1)c1cccs1)c1ccc(Cl)cc1. The summed E-state index contributed by atoms with van der Waals surface area (Å²) in [4.78, 5) is 13.5. The highest BCUT2D eigenvalue weighted by molar-refractivity contribution is 7.10. The summed E-state index contributed by atoms with van der Waals surface area (Å²) in [6, 6.07) is 16.4. The van der Waals surface area contributed by atoms with Crippen LogP contribution in [0.25, 0.3) is 0 Å². The van der Waals surface area contributed by atoms with Gasteiger partial charge in [0.1, 0.15) is 5.82 Å². The Hall–Kier alpha value is -2.17. The molecule has 1 heterocycles. The van der Waals surface area contributed by atoms with Crippen LogP contribution in [0.15, 0.2) is 66.0 Å². The molecule has 23 heavy (non-hydrogen) atoms. The van der Waals surface area contributed by atoms with Gasteiger partial charge in [0.05, 0.1) is 6.04 Å². The second-order valence-electron chi connectivity index (χ2n) is 4.98. The fourth-order valence-corrected chi connectivity index (χ4v) is 3.17. The summed E-state index contributed by atoms with van der Waals surface area (Å²) in [6.07, 6.45) is 0. The first-order chi connectivity index (χ1) is 11.1. The summed E-state index contributed by atoms with van der Waals surface area (Å²) in [5, 5.41) is 5.52. The van der Waals surface area contributed by atoms with Gasteiger partial charge in [-0.15, -0.1) is 11.3 Å². The summed E-state index contributed by atoms with van der Waals surface area (Å²) in [6.45, 7) is 0. The first-order valence-corrected chi connectivity index (χ1v) is 8.24. The highest BCUT2D eigenvalue weighted by Crippen LogP contribution is 2.26. The van der Waals surface area contributed by atoms with Crippen molar-refractivity contribution in [3.05, 3.63) is 92.9 Å². The lowest BCUT2D eigenvalue weighted by Gasteiger charge is -2.18. The summed E-state index contributed by atoms with van der Waals surface area (Å²) in [7, 11) is 0. The van der Waals surface area contributed by atoms with Crippen LogP contribution in [0.1, 0.15) is 26.8 Å². The number of hydrogen-bond acceptors (Lipinski definition) is 2. The number of halogens is 2. The van der Waals surface area contributed by atoms with E-state index in [2.05, 4.69) is 5.32 Å². The Bertz CT molecular complexity index is 785. The van der Waals surface area contributed by atoms with Crippen LogP contribution in [0.4, 0.5) is 4.39 Å². The Kier molecular flexibility index (Phi) is 4.74. The second kappa shape index (κ2) is 6.94. The third kappa shape index (κ3) is 3.78. The summed E-state index contributed by atoms with van der Waals surface area (Å²) >= 11 is 7.39. The molecule has 3 aromatic rings. The third-order valence-electron chi connectivity index (χ3n) is 3.41. The van der Waals surface area contributed by atoms with Crippen LogP contribution in [-0.2, 0) is 0 Å². The number of carbonyl (C=O) groups is 1. The molecule has 116 valence electrons. The van der Waals surface area contributed by atoms with Gasteiger partial charge >= 0.3 is 0 Å². The molecule has 3 rings (SSSR count). The Morgan fingerprint density at radius 2 is 1.74 bits per heavy atom. The molecule has 0 aliphatic heterocycles. The smallest absolute Gasteiger partial charge is 0.252 e. The molecular formula is C18H13ClFNOS. The third-order valence-corrected chi connectivity index (χ3v) is 4.60. The van der Waals surface area contributed by atoms with E-state index in [0.29, 0.717) is 10.6 Å². The van der Waals surface area contributed by atoms with Gasteiger partial charge in [0.2, 0.25) is 0 Å². The highest BCUT2D eigenvalue weighted by Gasteiger charge is 2.18. The number of benzene rings is 2. The number of thiophene rings is 1. The van der Waals surface area contributed by atoms with Gasteiger partial charge in [0, 0.05) is 15.5 Å². The van der Waals surface area contributed by atoms with Crippen LogP contribution in [0.2, 0.25) is 5.02 Å². The minimum Gasteiger partial charge on any atom is -0.340 e. The molecule has 0 bridgehead atoms. The van der Waals surface area contributed by atoms with Gasteiger partial charge < -0.3 is 5.32 Å².